The van der Waals surface area contributed by atoms with Gasteiger partial charge in [-0.1, -0.05) is 0 Å². The quantitative estimate of drug-likeness (QED) is 0.818. The minimum Gasteiger partial charge on any atom is -0.496 e. The number of nitrogens with one attached hydrogen (secondary N) is 1. The Labute approximate surface area is 166 Å². The van der Waals surface area contributed by atoms with Crippen molar-refractivity contribution in [1.82, 2.24) is 0 Å². The summed E-state index contributed by atoms with van der Waals surface area (Å²) in [6.45, 7) is 1.06. The molecule has 1 aromatic carbocycles. The van der Waals surface area contributed by atoms with Crippen molar-refractivity contribution in [3.63, 3.8) is 0 Å². The molecule has 0 unspecified atom stereocenters. The van der Waals surface area contributed by atoms with Crippen molar-refractivity contribution in [2.75, 3.05) is 25.6 Å². The van der Waals surface area contributed by atoms with Crippen LogP contribution in [-0.2, 0) is 12.8 Å². The Morgan fingerprint density at radius 3 is 2.54 bits per heavy atom. The minimum atomic E-state index is -0.514. The van der Waals surface area contributed by atoms with Gasteiger partial charge in [0.15, 0.2) is 11.5 Å². The summed E-state index contributed by atoms with van der Waals surface area (Å²) in [7, 11) is 1.49. The van der Waals surface area contributed by atoms with Crippen molar-refractivity contribution in [2.24, 2.45) is 5.73 Å². The van der Waals surface area contributed by atoms with E-state index in [-0.39, 0.29) is 5.91 Å². The van der Waals surface area contributed by atoms with Crippen molar-refractivity contribution in [1.29, 1.82) is 0 Å². The van der Waals surface area contributed by atoms with E-state index in [2.05, 4.69) is 5.32 Å². The molecule has 148 valence electrons. The van der Waals surface area contributed by atoms with E-state index in [9.17, 15) is 9.59 Å². The van der Waals surface area contributed by atoms with E-state index in [1.165, 1.54) is 18.4 Å². The van der Waals surface area contributed by atoms with Gasteiger partial charge in [0.05, 0.1) is 31.5 Å². The van der Waals surface area contributed by atoms with Crippen molar-refractivity contribution < 1.29 is 23.8 Å². The fourth-order valence-corrected chi connectivity index (χ4v) is 4.91. The molecular weight excluding hydrogens is 380 g/mol. The van der Waals surface area contributed by atoms with Gasteiger partial charge in [-0.2, -0.15) is 0 Å². The number of carbonyl (C=O) groups excluding carboxylic acids is 2. The third-order valence-electron chi connectivity index (χ3n) is 4.96. The van der Waals surface area contributed by atoms with E-state index in [0.717, 1.165) is 42.5 Å². The average molecular weight is 402 g/mol. The lowest BCUT2D eigenvalue weighted by Gasteiger charge is -2.14. The first-order chi connectivity index (χ1) is 13.6. The van der Waals surface area contributed by atoms with Crippen LogP contribution in [0.5, 0.6) is 17.2 Å². The second-order valence-electron chi connectivity index (χ2n) is 6.78. The number of amides is 2. The molecule has 0 saturated carbocycles. The van der Waals surface area contributed by atoms with Gasteiger partial charge in [-0.15, -0.1) is 11.3 Å². The van der Waals surface area contributed by atoms with Crippen LogP contribution >= 0.6 is 11.3 Å². The van der Waals surface area contributed by atoms with E-state index >= 15 is 0 Å². The number of benzene rings is 1. The van der Waals surface area contributed by atoms with E-state index in [1.54, 1.807) is 12.1 Å². The highest BCUT2D eigenvalue weighted by Crippen LogP contribution is 2.40. The number of anilines is 1. The number of rotatable bonds is 4. The second kappa shape index (κ2) is 7.71. The molecule has 1 aliphatic carbocycles. The molecule has 2 heterocycles. The van der Waals surface area contributed by atoms with Crippen molar-refractivity contribution >= 4 is 28.2 Å². The smallest absolute Gasteiger partial charge is 0.260 e. The lowest BCUT2D eigenvalue weighted by molar-refractivity contribution is 0.100. The second-order valence-corrected chi connectivity index (χ2v) is 7.89. The summed E-state index contributed by atoms with van der Waals surface area (Å²) in [5.74, 6) is 0.539. The highest BCUT2D eigenvalue weighted by Gasteiger charge is 2.27. The first-order valence-electron chi connectivity index (χ1n) is 9.31. The van der Waals surface area contributed by atoms with Crippen molar-refractivity contribution in [3.05, 3.63) is 33.7 Å². The van der Waals surface area contributed by atoms with Crippen molar-refractivity contribution in [2.45, 2.75) is 32.1 Å². The van der Waals surface area contributed by atoms with Crippen LogP contribution in [0.3, 0.4) is 0 Å². The predicted octanol–water partition coefficient (Wildman–Crippen LogP) is 3.15. The first kappa shape index (κ1) is 18.6. The van der Waals surface area contributed by atoms with Crippen LogP contribution in [0.1, 0.15) is 50.4 Å². The molecule has 8 heteroatoms. The lowest BCUT2D eigenvalue weighted by Crippen LogP contribution is -2.19. The van der Waals surface area contributed by atoms with E-state index in [1.807, 2.05) is 0 Å². The summed E-state index contributed by atoms with van der Waals surface area (Å²) in [6.07, 6.45) is 4.58. The maximum Gasteiger partial charge on any atom is 0.260 e. The number of methoxy groups -OCH3 is 1. The van der Waals surface area contributed by atoms with E-state index in [0.29, 0.717) is 46.6 Å². The summed E-state index contributed by atoms with van der Waals surface area (Å²) in [4.78, 5) is 26.2. The number of carbonyl (C=O) groups is 2. The summed E-state index contributed by atoms with van der Waals surface area (Å²) in [6, 6.07) is 3.27. The number of primary amides is 1. The fraction of sp³-hybridized carbons (Fsp3) is 0.400. The molecule has 1 aromatic heterocycles. The van der Waals surface area contributed by atoms with Crippen LogP contribution in [0.4, 0.5) is 5.00 Å². The van der Waals surface area contributed by atoms with Crippen molar-refractivity contribution in [3.8, 4) is 17.2 Å². The number of fused-ring (bicyclic) bond motifs is 2. The van der Waals surface area contributed by atoms with Gasteiger partial charge in [0.1, 0.15) is 10.8 Å². The number of ether oxygens (including phenoxy) is 3. The van der Waals surface area contributed by atoms with Gasteiger partial charge < -0.3 is 25.3 Å². The third kappa shape index (κ3) is 3.40. The number of thiophene rings is 1. The topological polar surface area (TPSA) is 99.9 Å². The predicted molar refractivity (Wildman–Crippen MR) is 106 cm³/mol. The Morgan fingerprint density at radius 2 is 1.82 bits per heavy atom. The van der Waals surface area contributed by atoms with Gasteiger partial charge in [-0.25, -0.2) is 0 Å². The lowest BCUT2D eigenvalue weighted by atomic mass is 9.95. The number of nitrogens with two attached hydrogens (primary N) is 1. The molecule has 0 spiro atoms. The molecule has 4 rings (SSSR count). The molecule has 0 atom stereocenters. The number of hydrogen-bond acceptors (Lipinski definition) is 6. The summed E-state index contributed by atoms with van der Waals surface area (Å²) in [5, 5.41) is 3.36. The number of hydrogen-bond donors (Lipinski definition) is 2. The Hall–Kier alpha value is -2.74. The summed E-state index contributed by atoms with van der Waals surface area (Å²) >= 11 is 1.43. The molecular formula is C20H22N2O5S. The maximum absolute atomic E-state index is 13.0. The molecule has 2 aromatic rings. The zero-order valence-electron chi connectivity index (χ0n) is 15.6. The number of aryl methyl sites for hydroxylation is 1. The van der Waals surface area contributed by atoms with Crippen LogP contribution in [0.2, 0.25) is 0 Å². The zero-order valence-corrected chi connectivity index (χ0v) is 16.4. The average Bonchev–Trinajstić information content (AvgIpc) is 2.89. The van der Waals surface area contributed by atoms with Crippen LogP contribution in [0.15, 0.2) is 12.1 Å². The largest absolute Gasteiger partial charge is 0.496 e. The van der Waals surface area contributed by atoms with Gasteiger partial charge >= 0.3 is 0 Å². The van der Waals surface area contributed by atoms with Gasteiger partial charge in [0, 0.05) is 23.4 Å². The van der Waals surface area contributed by atoms with Gasteiger partial charge in [-0.3, -0.25) is 9.59 Å². The van der Waals surface area contributed by atoms with Crippen LogP contribution in [0, 0.1) is 0 Å². The van der Waals surface area contributed by atoms with Gasteiger partial charge in [0.2, 0.25) is 0 Å². The fourth-order valence-electron chi connectivity index (χ4n) is 3.62. The Bertz CT molecular complexity index is 937. The molecule has 0 saturated heterocycles. The van der Waals surface area contributed by atoms with Crippen LogP contribution in [-0.4, -0.2) is 32.1 Å². The molecule has 7 nitrogen and oxygen atoms in total. The molecule has 1 aliphatic heterocycles. The highest BCUT2D eigenvalue weighted by atomic mass is 32.1. The Morgan fingerprint density at radius 1 is 1.11 bits per heavy atom. The third-order valence-corrected chi connectivity index (χ3v) is 6.17. The minimum absolute atomic E-state index is 0.313. The normalized spacial score (nSPS) is 15.3. The first-order valence-corrected chi connectivity index (χ1v) is 10.1. The summed E-state index contributed by atoms with van der Waals surface area (Å²) in [5.41, 5.74) is 7.34. The molecule has 2 aliphatic rings. The monoisotopic (exact) mass is 402 g/mol. The molecule has 2 amide bonds. The summed E-state index contributed by atoms with van der Waals surface area (Å²) < 4.78 is 16.7. The SMILES string of the molecule is COc1cc2c(cc1C(=O)Nc1sc3c(c1C(N)=O)CCCC3)OCCCO2. The van der Waals surface area contributed by atoms with Gasteiger partial charge in [0.25, 0.3) is 11.8 Å². The van der Waals surface area contributed by atoms with Crippen LogP contribution < -0.4 is 25.3 Å². The highest BCUT2D eigenvalue weighted by molar-refractivity contribution is 7.17. The molecule has 0 bridgehead atoms. The Kier molecular flexibility index (Phi) is 5.13. The molecule has 28 heavy (non-hydrogen) atoms. The maximum atomic E-state index is 13.0. The molecule has 0 fully saturated rings. The zero-order chi connectivity index (χ0) is 19.7. The van der Waals surface area contributed by atoms with Crippen LogP contribution in [0.25, 0.3) is 0 Å². The molecule has 0 radical (unpaired) electrons. The van der Waals surface area contributed by atoms with Gasteiger partial charge in [-0.05, 0) is 31.2 Å². The van der Waals surface area contributed by atoms with E-state index in [4.69, 9.17) is 19.9 Å². The Balaban J connectivity index is 1.68. The standard InChI is InChI=1S/C20H22N2O5S/c1-25-13-10-15-14(26-7-4-8-27-15)9-12(13)19(24)22-20-17(18(21)23)11-5-2-3-6-16(11)28-20/h9-10H,2-8H2,1H3,(H2,21,23)(H,22,24). The van der Waals surface area contributed by atoms with E-state index < -0.39 is 5.91 Å². The molecule has 3 N–H and O–H groups in total.